The minimum Gasteiger partial charge on any atom is -0.481 e. The Hall–Kier alpha value is -2.02. The molecule has 132 valence electrons. The summed E-state index contributed by atoms with van der Waals surface area (Å²) in [5.41, 5.74) is 0.354. The number of piperazine rings is 1. The summed E-state index contributed by atoms with van der Waals surface area (Å²) in [6, 6.07) is 2.41. The lowest BCUT2D eigenvalue weighted by atomic mass is 10.0. The van der Waals surface area contributed by atoms with Crippen LogP contribution < -0.4 is 0 Å². The average molecular weight is 340 g/mol. The Bertz CT molecular complexity index is 602. The molecule has 1 aliphatic rings. The zero-order chi connectivity index (χ0) is 17.9. The normalized spacial score (nSPS) is 19.1. The van der Waals surface area contributed by atoms with Crippen LogP contribution >= 0.6 is 0 Å². The van der Waals surface area contributed by atoms with Crippen LogP contribution in [0, 0.1) is 17.6 Å². The van der Waals surface area contributed by atoms with Crippen molar-refractivity contribution in [2.45, 2.75) is 32.9 Å². The molecule has 5 nitrogen and oxygen atoms in total. The second kappa shape index (κ2) is 7.70. The molecule has 1 atom stereocenters. The van der Waals surface area contributed by atoms with Gasteiger partial charge in [-0.05, 0) is 23.6 Å². The highest BCUT2D eigenvalue weighted by atomic mass is 19.1. The number of halogens is 2. The molecule has 7 heteroatoms. The van der Waals surface area contributed by atoms with E-state index in [1.165, 1.54) is 17.0 Å². The van der Waals surface area contributed by atoms with Crippen LogP contribution in [-0.4, -0.2) is 52.5 Å². The molecule has 1 N–H and O–H groups in total. The van der Waals surface area contributed by atoms with E-state index in [2.05, 4.69) is 0 Å². The van der Waals surface area contributed by atoms with Gasteiger partial charge in [-0.25, -0.2) is 8.78 Å². The van der Waals surface area contributed by atoms with Gasteiger partial charge in [0, 0.05) is 32.2 Å². The molecule has 0 aromatic heterocycles. The van der Waals surface area contributed by atoms with Gasteiger partial charge >= 0.3 is 5.97 Å². The smallest absolute Gasteiger partial charge is 0.305 e. The quantitative estimate of drug-likeness (QED) is 0.862. The summed E-state index contributed by atoms with van der Waals surface area (Å²) in [6.45, 7) is 5.65. The summed E-state index contributed by atoms with van der Waals surface area (Å²) >= 11 is 0. The number of nitrogens with zero attached hydrogens (tertiary/aromatic N) is 2. The molecule has 1 amide bonds. The number of carboxylic acid groups (broad SMARTS) is 1. The van der Waals surface area contributed by atoms with Crippen LogP contribution in [0.25, 0.3) is 0 Å². The zero-order valence-electron chi connectivity index (χ0n) is 13.8. The molecule has 0 radical (unpaired) electrons. The molecule has 1 unspecified atom stereocenters. The molecule has 1 aliphatic heterocycles. The molecule has 0 bridgehead atoms. The first-order chi connectivity index (χ1) is 11.3. The highest BCUT2D eigenvalue weighted by Crippen LogP contribution is 2.19. The maximum absolute atomic E-state index is 13.3. The lowest BCUT2D eigenvalue weighted by Gasteiger charge is -2.41. The van der Waals surface area contributed by atoms with Crippen molar-refractivity contribution in [1.82, 2.24) is 9.80 Å². The van der Waals surface area contributed by atoms with Crippen LogP contribution in [0.5, 0.6) is 0 Å². The van der Waals surface area contributed by atoms with Crippen LogP contribution in [0.15, 0.2) is 18.2 Å². The fraction of sp³-hybridized carbons (Fsp3) is 0.529. The van der Waals surface area contributed by atoms with E-state index in [1.54, 1.807) is 0 Å². The van der Waals surface area contributed by atoms with Gasteiger partial charge in [0.1, 0.15) is 11.6 Å². The summed E-state index contributed by atoms with van der Waals surface area (Å²) in [7, 11) is 0. The SMILES string of the molecule is CC(C)CN1CCN(Cc2cc(F)cc(F)c2)C(=O)C1CC(=O)O. The Morgan fingerprint density at radius 3 is 2.42 bits per heavy atom. The molecule has 1 heterocycles. The van der Waals surface area contributed by atoms with E-state index in [-0.39, 0.29) is 18.9 Å². The number of aliphatic carboxylic acids is 1. The van der Waals surface area contributed by atoms with Gasteiger partial charge in [-0.2, -0.15) is 0 Å². The number of carbonyl (C=O) groups excluding carboxylic acids is 1. The van der Waals surface area contributed by atoms with Crippen molar-refractivity contribution in [3.8, 4) is 0 Å². The maximum Gasteiger partial charge on any atom is 0.305 e. The number of benzene rings is 1. The molecule has 2 rings (SSSR count). The van der Waals surface area contributed by atoms with Crippen LogP contribution in [0.1, 0.15) is 25.8 Å². The number of hydrogen-bond donors (Lipinski definition) is 1. The molecular formula is C17H22F2N2O3. The Labute approximate surface area is 139 Å². The molecule has 1 aromatic rings. The van der Waals surface area contributed by atoms with Gasteiger partial charge in [0.15, 0.2) is 0 Å². The first-order valence-corrected chi connectivity index (χ1v) is 7.96. The predicted molar refractivity (Wildman–Crippen MR) is 84.2 cm³/mol. The zero-order valence-corrected chi connectivity index (χ0v) is 13.8. The molecule has 1 aromatic carbocycles. The van der Waals surface area contributed by atoms with Crippen molar-refractivity contribution in [3.05, 3.63) is 35.4 Å². The summed E-state index contributed by atoms with van der Waals surface area (Å²) in [4.78, 5) is 27.1. The molecule has 0 aliphatic carbocycles. The summed E-state index contributed by atoms with van der Waals surface area (Å²) in [5.74, 6) is -2.44. The topological polar surface area (TPSA) is 60.9 Å². The molecule has 24 heavy (non-hydrogen) atoms. The van der Waals surface area contributed by atoms with E-state index in [9.17, 15) is 18.4 Å². The second-order valence-electron chi connectivity index (χ2n) is 6.54. The van der Waals surface area contributed by atoms with Crippen molar-refractivity contribution >= 4 is 11.9 Å². The van der Waals surface area contributed by atoms with Crippen molar-refractivity contribution in [2.24, 2.45) is 5.92 Å². The van der Waals surface area contributed by atoms with Gasteiger partial charge in [-0.3, -0.25) is 14.5 Å². The average Bonchev–Trinajstić information content (AvgIpc) is 2.44. The van der Waals surface area contributed by atoms with Gasteiger partial charge in [0.2, 0.25) is 5.91 Å². The van der Waals surface area contributed by atoms with Crippen LogP contribution in [0.4, 0.5) is 8.78 Å². The van der Waals surface area contributed by atoms with E-state index in [4.69, 9.17) is 5.11 Å². The third kappa shape index (κ3) is 4.74. The van der Waals surface area contributed by atoms with E-state index < -0.39 is 23.6 Å². The van der Waals surface area contributed by atoms with E-state index in [0.717, 1.165) is 6.07 Å². The highest BCUT2D eigenvalue weighted by Gasteiger charge is 2.36. The number of carboxylic acids is 1. The first-order valence-electron chi connectivity index (χ1n) is 7.96. The summed E-state index contributed by atoms with van der Waals surface area (Å²) in [6.07, 6.45) is -0.278. The van der Waals surface area contributed by atoms with Crippen molar-refractivity contribution < 1.29 is 23.5 Å². The van der Waals surface area contributed by atoms with Crippen LogP contribution in [-0.2, 0) is 16.1 Å². The number of amides is 1. The highest BCUT2D eigenvalue weighted by molar-refractivity contribution is 5.86. The molecule has 1 fully saturated rings. The fourth-order valence-electron chi connectivity index (χ4n) is 3.03. The molecule has 1 saturated heterocycles. The Morgan fingerprint density at radius 2 is 1.88 bits per heavy atom. The van der Waals surface area contributed by atoms with Crippen LogP contribution in [0.2, 0.25) is 0 Å². The third-order valence-electron chi connectivity index (χ3n) is 3.96. The van der Waals surface area contributed by atoms with Gasteiger partial charge in [0.05, 0.1) is 12.5 Å². The lowest BCUT2D eigenvalue weighted by molar-refractivity contribution is -0.150. The monoisotopic (exact) mass is 340 g/mol. The lowest BCUT2D eigenvalue weighted by Crippen LogP contribution is -2.57. The molecule has 0 saturated carbocycles. The standard InChI is InChI=1S/C17H22F2N2O3/c1-11(2)9-20-3-4-21(17(24)15(20)8-16(22)23)10-12-5-13(18)7-14(19)6-12/h5-7,11,15H,3-4,8-10H2,1-2H3,(H,22,23). The van der Waals surface area contributed by atoms with Gasteiger partial charge in [0.25, 0.3) is 0 Å². The van der Waals surface area contributed by atoms with Crippen molar-refractivity contribution in [1.29, 1.82) is 0 Å². The predicted octanol–water partition coefficient (Wildman–Crippen LogP) is 2.11. The summed E-state index contributed by atoms with van der Waals surface area (Å²) in [5, 5.41) is 9.09. The number of hydrogen-bond acceptors (Lipinski definition) is 3. The van der Waals surface area contributed by atoms with E-state index in [1.807, 2.05) is 18.7 Å². The van der Waals surface area contributed by atoms with Crippen LogP contribution in [0.3, 0.4) is 0 Å². The first kappa shape index (κ1) is 18.3. The second-order valence-corrected chi connectivity index (χ2v) is 6.54. The minimum atomic E-state index is -1.04. The fourth-order valence-corrected chi connectivity index (χ4v) is 3.03. The minimum absolute atomic E-state index is 0.0686. The Morgan fingerprint density at radius 1 is 1.25 bits per heavy atom. The Kier molecular flexibility index (Phi) is 5.88. The van der Waals surface area contributed by atoms with E-state index in [0.29, 0.717) is 31.1 Å². The van der Waals surface area contributed by atoms with Gasteiger partial charge in [-0.15, -0.1) is 0 Å². The van der Waals surface area contributed by atoms with E-state index >= 15 is 0 Å². The van der Waals surface area contributed by atoms with Crippen molar-refractivity contribution in [3.63, 3.8) is 0 Å². The maximum atomic E-state index is 13.3. The largest absolute Gasteiger partial charge is 0.481 e. The van der Waals surface area contributed by atoms with Crippen molar-refractivity contribution in [2.75, 3.05) is 19.6 Å². The summed E-state index contributed by atoms with van der Waals surface area (Å²) < 4.78 is 26.6. The van der Waals surface area contributed by atoms with Gasteiger partial charge in [-0.1, -0.05) is 13.8 Å². The third-order valence-corrected chi connectivity index (χ3v) is 3.96. The molecule has 0 spiro atoms. The molecular weight excluding hydrogens is 318 g/mol. The van der Waals surface area contributed by atoms with Gasteiger partial charge < -0.3 is 10.0 Å². The Balaban J connectivity index is 2.15. The number of rotatable bonds is 6. The number of carbonyl (C=O) groups is 2.